The first-order valence-corrected chi connectivity index (χ1v) is 8.71. The van der Waals surface area contributed by atoms with Gasteiger partial charge in [-0.05, 0) is 42.5 Å². The summed E-state index contributed by atoms with van der Waals surface area (Å²) in [5, 5.41) is 9.04. The Morgan fingerprint density at radius 1 is 0.926 bits per heavy atom. The minimum Gasteiger partial charge on any atom is -0.459 e. The van der Waals surface area contributed by atoms with Crippen LogP contribution in [0.4, 0.5) is 17.1 Å². The van der Waals surface area contributed by atoms with E-state index in [-0.39, 0.29) is 29.1 Å². The van der Waals surface area contributed by atoms with E-state index in [9.17, 15) is 9.59 Å². The van der Waals surface area contributed by atoms with E-state index in [1.807, 2.05) is 0 Å². The van der Waals surface area contributed by atoms with Crippen LogP contribution in [0.3, 0.4) is 0 Å². The lowest BCUT2D eigenvalue weighted by Crippen LogP contribution is -2.22. The van der Waals surface area contributed by atoms with Gasteiger partial charge in [0.2, 0.25) is 5.91 Å². The van der Waals surface area contributed by atoms with Crippen LogP contribution < -0.4 is 16.0 Å². The molecular formula is C19H15Cl2N3O3. The molecule has 0 radical (unpaired) electrons. The number of halogens is 2. The maximum Gasteiger partial charge on any atom is 0.291 e. The first kappa shape index (κ1) is 18.8. The van der Waals surface area contributed by atoms with Crippen LogP contribution in [0.15, 0.2) is 65.3 Å². The molecular weight excluding hydrogens is 389 g/mol. The summed E-state index contributed by atoms with van der Waals surface area (Å²) in [7, 11) is 0. The van der Waals surface area contributed by atoms with Crippen molar-refractivity contribution in [1.82, 2.24) is 0 Å². The van der Waals surface area contributed by atoms with Crippen LogP contribution in [0.25, 0.3) is 0 Å². The van der Waals surface area contributed by atoms with Gasteiger partial charge in [0, 0.05) is 11.4 Å². The second-order valence-corrected chi connectivity index (χ2v) is 6.30. The molecule has 3 N–H and O–H groups in total. The van der Waals surface area contributed by atoms with Gasteiger partial charge >= 0.3 is 0 Å². The lowest BCUT2D eigenvalue weighted by molar-refractivity contribution is -0.114. The van der Waals surface area contributed by atoms with E-state index in [4.69, 9.17) is 27.6 Å². The van der Waals surface area contributed by atoms with Gasteiger partial charge in [0.1, 0.15) is 0 Å². The number of furan rings is 1. The van der Waals surface area contributed by atoms with E-state index >= 15 is 0 Å². The Kier molecular flexibility index (Phi) is 6.01. The zero-order chi connectivity index (χ0) is 19.2. The molecule has 3 aromatic rings. The van der Waals surface area contributed by atoms with Crippen LogP contribution in [0, 0.1) is 0 Å². The van der Waals surface area contributed by atoms with Crippen molar-refractivity contribution in [2.45, 2.75) is 0 Å². The van der Waals surface area contributed by atoms with E-state index in [2.05, 4.69) is 16.0 Å². The van der Waals surface area contributed by atoms with Crippen LogP contribution in [0.1, 0.15) is 10.6 Å². The number of benzene rings is 2. The zero-order valence-electron chi connectivity index (χ0n) is 14.0. The third-order valence-electron chi connectivity index (χ3n) is 3.54. The quantitative estimate of drug-likeness (QED) is 0.546. The molecule has 1 aromatic heterocycles. The first-order valence-electron chi connectivity index (χ1n) is 7.95. The highest BCUT2D eigenvalue weighted by molar-refractivity contribution is 6.44. The van der Waals surface area contributed by atoms with Crippen LogP contribution in [0.2, 0.25) is 10.0 Å². The number of nitrogens with one attached hydrogen (secondary N) is 3. The van der Waals surface area contributed by atoms with Gasteiger partial charge in [-0.3, -0.25) is 9.59 Å². The molecule has 0 spiro atoms. The lowest BCUT2D eigenvalue weighted by atomic mass is 10.2. The monoisotopic (exact) mass is 403 g/mol. The largest absolute Gasteiger partial charge is 0.459 e. The van der Waals surface area contributed by atoms with Gasteiger partial charge in [0.15, 0.2) is 5.76 Å². The summed E-state index contributed by atoms with van der Waals surface area (Å²) in [6.07, 6.45) is 1.43. The van der Waals surface area contributed by atoms with Gasteiger partial charge in [0.05, 0.1) is 28.5 Å². The zero-order valence-corrected chi connectivity index (χ0v) is 15.5. The van der Waals surface area contributed by atoms with E-state index in [1.165, 1.54) is 6.26 Å². The Balaban J connectivity index is 1.57. The highest BCUT2D eigenvalue weighted by atomic mass is 35.5. The van der Waals surface area contributed by atoms with Crippen molar-refractivity contribution in [2.24, 2.45) is 0 Å². The number of anilines is 3. The number of rotatable bonds is 6. The predicted octanol–water partition coefficient (Wildman–Crippen LogP) is 4.89. The van der Waals surface area contributed by atoms with Crippen LogP contribution in [-0.4, -0.2) is 18.4 Å². The maximum atomic E-state index is 12.1. The van der Waals surface area contributed by atoms with Crippen molar-refractivity contribution in [3.05, 3.63) is 76.7 Å². The Morgan fingerprint density at radius 2 is 1.70 bits per heavy atom. The molecule has 0 aliphatic heterocycles. The van der Waals surface area contributed by atoms with Gasteiger partial charge in [-0.15, -0.1) is 0 Å². The van der Waals surface area contributed by atoms with E-state index in [0.717, 1.165) is 0 Å². The highest BCUT2D eigenvalue weighted by Gasteiger charge is 2.10. The fraction of sp³-hybridized carbons (Fsp3) is 0.0526. The second-order valence-electron chi connectivity index (χ2n) is 5.52. The van der Waals surface area contributed by atoms with Gasteiger partial charge in [-0.1, -0.05) is 35.3 Å². The van der Waals surface area contributed by atoms with Crippen LogP contribution >= 0.6 is 23.2 Å². The van der Waals surface area contributed by atoms with E-state index in [1.54, 1.807) is 54.6 Å². The van der Waals surface area contributed by atoms with E-state index in [0.29, 0.717) is 22.1 Å². The normalized spacial score (nSPS) is 10.3. The molecule has 0 aliphatic rings. The molecule has 0 aliphatic carbocycles. The van der Waals surface area contributed by atoms with Crippen molar-refractivity contribution in [3.8, 4) is 0 Å². The first-order chi connectivity index (χ1) is 13.0. The van der Waals surface area contributed by atoms with Crippen molar-refractivity contribution >= 4 is 52.1 Å². The summed E-state index contributed by atoms with van der Waals surface area (Å²) in [5.74, 6) is -0.430. The molecule has 0 fully saturated rings. The minimum atomic E-state index is -0.356. The smallest absolute Gasteiger partial charge is 0.291 e. The lowest BCUT2D eigenvalue weighted by Gasteiger charge is -2.11. The molecule has 2 amide bonds. The number of carbonyl (C=O) groups is 2. The average molecular weight is 404 g/mol. The Morgan fingerprint density at radius 3 is 2.48 bits per heavy atom. The van der Waals surface area contributed by atoms with Crippen molar-refractivity contribution < 1.29 is 14.0 Å². The van der Waals surface area contributed by atoms with Crippen LogP contribution in [-0.2, 0) is 4.79 Å². The highest BCUT2D eigenvalue weighted by Crippen LogP contribution is 2.29. The molecule has 27 heavy (non-hydrogen) atoms. The third-order valence-corrected chi connectivity index (χ3v) is 4.36. The fourth-order valence-electron chi connectivity index (χ4n) is 2.28. The molecule has 8 heteroatoms. The molecule has 0 unspecified atom stereocenters. The molecule has 0 saturated carbocycles. The molecule has 1 heterocycles. The average Bonchev–Trinajstić information content (AvgIpc) is 3.19. The summed E-state index contributed by atoms with van der Waals surface area (Å²) < 4.78 is 5.05. The Bertz CT molecular complexity index is 959. The molecule has 6 nitrogen and oxygen atoms in total. The van der Waals surface area contributed by atoms with Crippen molar-refractivity contribution in [3.63, 3.8) is 0 Å². The summed E-state index contributed by atoms with van der Waals surface area (Å²) in [6.45, 7) is 0.0123. The van der Waals surface area contributed by atoms with Gasteiger partial charge < -0.3 is 20.4 Å². The Labute approximate surface area is 165 Å². The van der Waals surface area contributed by atoms with Crippen LogP contribution in [0.5, 0.6) is 0 Å². The molecule has 138 valence electrons. The summed E-state index contributed by atoms with van der Waals surface area (Å²) in [5.41, 5.74) is 1.68. The van der Waals surface area contributed by atoms with Crippen molar-refractivity contribution in [2.75, 3.05) is 22.5 Å². The Hall–Kier alpha value is -2.96. The molecule has 2 aromatic carbocycles. The summed E-state index contributed by atoms with van der Waals surface area (Å²) >= 11 is 12.0. The van der Waals surface area contributed by atoms with Crippen molar-refractivity contribution in [1.29, 1.82) is 0 Å². The number of carbonyl (C=O) groups excluding carboxylic acids is 2. The number of hydrogen-bond acceptors (Lipinski definition) is 4. The molecule has 0 atom stereocenters. The van der Waals surface area contributed by atoms with Gasteiger partial charge in [-0.2, -0.15) is 0 Å². The SMILES string of the molecule is O=C(CNc1cccc(NC(=O)c2ccco2)c1)Nc1cccc(Cl)c1Cl. The van der Waals surface area contributed by atoms with Gasteiger partial charge in [0.25, 0.3) is 5.91 Å². The standard InChI is InChI=1S/C19H15Cl2N3O3/c20-14-6-2-7-15(18(14)21)24-17(25)11-22-12-4-1-5-13(10-12)23-19(26)16-8-3-9-27-16/h1-10,22H,11H2,(H,23,26)(H,24,25). The molecule has 0 bridgehead atoms. The topological polar surface area (TPSA) is 83.4 Å². The second kappa shape index (κ2) is 8.62. The van der Waals surface area contributed by atoms with Gasteiger partial charge in [-0.25, -0.2) is 0 Å². The summed E-state index contributed by atoms with van der Waals surface area (Å²) in [6, 6.07) is 15.2. The fourth-order valence-corrected chi connectivity index (χ4v) is 2.63. The molecule has 0 saturated heterocycles. The van der Waals surface area contributed by atoms with E-state index < -0.39 is 0 Å². The third kappa shape index (κ3) is 5.03. The summed E-state index contributed by atoms with van der Waals surface area (Å²) in [4.78, 5) is 24.1. The number of amides is 2. The molecule has 3 rings (SSSR count). The minimum absolute atomic E-state index is 0.0123. The predicted molar refractivity (Wildman–Crippen MR) is 107 cm³/mol. The number of hydrogen-bond donors (Lipinski definition) is 3. The maximum absolute atomic E-state index is 12.1.